The standard InChI is InChI=1S/C19H21ClN2O/c1-14(13-19(2,3)16-7-5-4-6-8-16)21-22-18(23)15-9-11-17(20)12-10-15/h4-12H,13H2,1-3H3,(H,22,23)/b21-14-. The van der Waals surface area contributed by atoms with E-state index in [0.29, 0.717) is 10.6 Å². The molecule has 0 radical (unpaired) electrons. The third-order valence-corrected chi connectivity index (χ3v) is 3.96. The Bertz CT molecular complexity index is 691. The molecular weight excluding hydrogens is 308 g/mol. The first-order valence-corrected chi connectivity index (χ1v) is 7.91. The van der Waals surface area contributed by atoms with Crippen molar-refractivity contribution in [2.45, 2.75) is 32.6 Å². The fraction of sp³-hybridized carbons (Fsp3) is 0.263. The van der Waals surface area contributed by atoms with Crippen LogP contribution in [0.2, 0.25) is 5.02 Å². The molecule has 4 heteroatoms. The van der Waals surface area contributed by atoms with Gasteiger partial charge in [-0.1, -0.05) is 55.8 Å². The first-order chi connectivity index (χ1) is 10.9. The number of halogens is 1. The number of hydrogen-bond acceptors (Lipinski definition) is 2. The summed E-state index contributed by atoms with van der Waals surface area (Å²) >= 11 is 5.82. The zero-order valence-electron chi connectivity index (χ0n) is 13.6. The molecule has 2 aromatic rings. The number of benzene rings is 2. The number of hydrazone groups is 1. The molecule has 0 heterocycles. The molecule has 2 aromatic carbocycles. The van der Waals surface area contributed by atoms with Gasteiger partial charge in [0.05, 0.1) is 0 Å². The zero-order valence-corrected chi connectivity index (χ0v) is 14.4. The van der Waals surface area contributed by atoms with Gasteiger partial charge >= 0.3 is 0 Å². The van der Waals surface area contributed by atoms with Crippen molar-refractivity contribution < 1.29 is 4.79 Å². The Morgan fingerprint density at radius 2 is 1.70 bits per heavy atom. The number of carbonyl (C=O) groups excluding carboxylic acids is 1. The molecule has 0 unspecified atom stereocenters. The van der Waals surface area contributed by atoms with Crippen LogP contribution in [0.5, 0.6) is 0 Å². The Kier molecular flexibility index (Phi) is 5.56. The molecule has 0 fully saturated rings. The molecule has 23 heavy (non-hydrogen) atoms. The third kappa shape index (κ3) is 4.93. The van der Waals surface area contributed by atoms with Gasteiger partial charge in [-0.05, 0) is 48.6 Å². The molecule has 0 aliphatic rings. The first-order valence-electron chi connectivity index (χ1n) is 7.53. The Hall–Kier alpha value is -2.13. The van der Waals surface area contributed by atoms with Gasteiger partial charge in [-0.3, -0.25) is 4.79 Å². The van der Waals surface area contributed by atoms with E-state index in [0.717, 1.165) is 12.1 Å². The fourth-order valence-electron chi connectivity index (χ4n) is 2.48. The van der Waals surface area contributed by atoms with Crippen LogP contribution in [-0.4, -0.2) is 11.6 Å². The molecular formula is C19H21ClN2O. The molecule has 1 amide bonds. The molecule has 0 aliphatic heterocycles. The summed E-state index contributed by atoms with van der Waals surface area (Å²) in [7, 11) is 0. The Morgan fingerprint density at radius 3 is 2.30 bits per heavy atom. The van der Waals surface area contributed by atoms with E-state index in [1.165, 1.54) is 5.56 Å². The summed E-state index contributed by atoms with van der Waals surface area (Å²) in [4.78, 5) is 12.0. The summed E-state index contributed by atoms with van der Waals surface area (Å²) in [6.07, 6.45) is 0.762. The van der Waals surface area contributed by atoms with Crippen LogP contribution in [0.15, 0.2) is 59.7 Å². The number of hydrogen-bond donors (Lipinski definition) is 1. The van der Waals surface area contributed by atoms with E-state index in [2.05, 4.69) is 36.5 Å². The summed E-state index contributed by atoms with van der Waals surface area (Å²) in [6.45, 7) is 6.26. The van der Waals surface area contributed by atoms with Gasteiger partial charge in [0, 0.05) is 16.3 Å². The van der Waals surface area contributed by atoms with Crippen LogP contribution in [0.25, 0.3) is 0 Å². The van der Waals surface area contributed by atoms with E-state index in [9.17, 15) is 4.79 Å². The lowest BCUT2D eigenvalue weighted by Gasteiger charge is -2.25. The van der Waals surface area contributed by atoms with Crippen molar-refractivity contribution in [2.24, 2.45) is 5.10 Å². The Labute approximate surface area is 142 Å². The monoisotopic (exact) mass is 328 g/mol. The molecule has 0 spiro atoms. The van der Waals surface area contributed by atoms with Crippen LogP contribution in [0.1, 0.15) is 43.1 Å². The number of amides is 1. The zero-order chi connectivity index (χ0) is 16.9. The van der Waals surface area contributed by atoms with Crippen LogP contribution in [-0.2, 0) is 5.41 Å². The van der Waals surface area contributed by atoms with Gasteiger partial charge in [0.2, 0.25) is 0 Å². The van der Waals surface area contributed by atoms with Gasteiger partial charge in [0.15, 0.2) is 0 Å². The molecule has 1 N–H and O–H groups in total. The maximum Gasteiger partial charge on any atom is 0.271 e. The van der Waals surface area contributed by atoms with Crippen LogP contribution < -0.4 is 5.43 Å². The van der Waals surface area contributed by atoms with Crippen molar-refractivity contribution in [1.29, 1.82) is 0 Å². The number of carbonyl (C=O) groups is 1. The molecule has 0 bridgehead atoms. The van der Waals surface area contributed by atoms with E-state index in [1.807, 2.05) is 25.1 Å². The minimum absolute atomic E-state index is 0.0418. The molecule has 0 aromatic heterocycles. The molecule has 0 saturated heterocycles. The molecule has 2 rings (SSSR count). The Morgan fingerprint density at radius 1 is 1.09 bits per heavy atom. The third-order valence-electron chi connectivity index (χ3n) is 3.71. The van der Waals surface area contributed by atoms with Crippen LogP contribution >= 0.6 is 11.6 Å². The molecule has 0 atom stereocenters. The topological polar surface area (TPSA) is 41.5 Å². The summed E-state index contributed by atoms with van der Waals surface area (Å²) in [5.41, 5.74) is 5.22. The van der Waals surface area contributed by atoms with Crippen LogP contribution in [0.4, 0.5) is 0 Å². The lowest BCUT2D eigenvalue weighted by molar-refractivity contribution is 0.0954. The van der Waals surface area contributed by atoms with Gasteiger partial charge in [-0.2, -0.15) is 5.10 Å². The van der Waals surface area contributed by atoms with Crippen molar-refractivity contribution in [3.05, 3.63) is 70.7 Å². The molecule has 3 nitrogen and oxygen atoms in total. The minimum atomic E-state index is -0.237. The highest BCUT2D eigenvalue weighted by molar-refractivity contribution is 6.30. The highest BCUT2D eigenvalue weighted by atomic mass is 35.5. The van der Waals surface area contributed by atoms with E-state index in [-0.39, 0.29) is 11.3 Å². The second-order valence-corrected chi connectivity index (χ2v) is 6.66. The van der Waals surface area contributed by atoms with E-state index in [4.69, 9.17) is 11.6 Å². The van der Waals surface area contributed by atoms with E-state index in [1.54, 1.807) is 24.3 Å². The summed E-state index contributed by atoms with van der Waals surface area (Å²) < 4.78 is 0. The molecule has 120 valence electrons. The van der Waals surface area contributed by atoms with Crippen molar-refractivity contribution in [2.75, 3.05) is 0 Å². The molecule has 0 saturated carbocycles. The maximum atomic E-state index is 12.0. The van der Waals surface area contributed by atoms with Gasteiger partial charge in [-0.25, -0.2) is 5.43 Å². The van der Waals surface area contributed by atoms with Gasteiger partial charge < -0.3 is 0 Å². The number of rotatable bonds is 5. The lowest BCUT2D eigenvalue weighted by Crippen LogP contribution is -2.24. The predicted octanol–water partition coefficient (Wildman–Crippen LogP) is 4.81. The average Bonchev–Trinajstić information content (AvgIpc) is 2.54. The first kappa shape index (κ1) is 17.2. The highest BCUT2D eigenvalue weighted by Gasteiger charge is 2.21. The largest absolute Gasteiger partial charge is 0.271 e. The van der Waals surface area contributed by atoms with Gasteiger partial charge in [-0.15, -0.1) is 0 Å². The normalized spacial score (nSPS) is 12.1. The number of nitrogens with zero attached hydrogens (tertiary/aromatic N) is 1. The summed E-state index contributed by atoms with van der Waals surface area (Å²) in [5, 5.41) is 4.82. The van der Waals surface area contributed by atoms with Crippen molar-refractivity contribution >= 4 is 23.2 Å². The SMILES string of the molecule is C/C(CC(C)(C)c1ccccc1)=N/NC(=O)c1ccc(Cl)cc1. The average molecular weight is 329 g/mol. The van der Waals surface area contributed by atoms with Crippen LogP contribution in [0.3, 0.4) is 0 Å². The van der Waals surface area contributed by atoms with Crippen LogP contribution in [0, 0.1) is 0 Å². The quantitative estimate of drug-likeness (QED) is 0.621. The van der Waals surface area contributed by atoms with Gasteiger partial charge in [0.1, 0.15) is 0 Å². The highest BCUT2D eigenvalue weighted by Crippen LogP contribution is 2.27. The fourth-order valence-corrected chi connectivity index (χ4v) is 2.61. The second kappa shape index (κ2) is 7.42. The van der Waals surface area contributed by atoms with Crippen molar-refractivity contribution in [3.63, 3.8) is 0 Å². The minimum Gasteiger partial charge on any atom is -0.267 e. The summed E-state index contributed by atoms with van der Waals surface area (Å²) in [5.74, 6) is -0.237. The Balaban J connectivity index is 2.00. The van der Waals surface area contributed by atoms with Gasteiger partial charge in [0.25, 0.3) is 5.91 Å². The predicted molar refractivity (Wildman–Crippen MR) is 96.1 cm³/mol. The van der Waals surface area contributed by atoms with E-state index < -0.39 is 0 Å². The summed E-state index contributed by atoms with van der Waals surface area (Å²) in [6, 6.07) is 17.0. The second-order valence-electron chi connectivity index (χ2n) is 6.22. The van der Waals surface area contributed by atoms with Crippen molar-refractivity contribution in [1.82, 2.24) is 5.43 Å². The number of nitrogens with one attached hydrogen (secondary N) is 1. The molecule has 0 aliphatic carbocycles. The smallest absolute Gasteiger partial charge is 0.267 e. The maximum absolute atomic E-state index is 12.0. The van der Waals surface area contributed by atoms with E-state index >= 15 is 0 Å². The lowest BCUT2D eigenvalue weighted by atomic mass is 9.80. The van der Waals surface area contributed by atoms with Crippen molar-refractivity contribution in [3.8, 4) is 0 Å².